The van der Waals surface area contributed by atoms with Crippen LogP contribution in [0.3, 0.4) is 0 Å². The van der Waals surface area contributed by atoms with Gasteiger partial charge in [-0.15, -0.1) is 12.4 Å². The fourth-order valence-corrected chi connectivity index (χ4v) is 6.41. The SMILES string of the molecule is Cl.O=C1CC(c2cnc3c(c2NC2C4CC5CC2CC(O)(C5)C4)C=CC3)=NO1. The number of allylic oxidation sites excluding steroid dienone is 1. The third-order valence-corrected chi connectivity index (χ3v) is 7.23. The van der Waals surface area contributed by atoms with Crippen molar-refractivity contribution < 1.29 is 14.7 Å². The lowest BCUT2D eigenvalue weighted by atomic mass is 9.52. The zero-order chi connectivity index (χ0) is 18.2. The Morgan fingerprint density at radius 1 is 1.21 bits per heavy atom. The van der Waals surface area contributed by atoms with Gasteiger partial charge in [0.2, 0.25) is 0 Å². The molecule has 1 aromatic rings. The topological polar surface area (TPSA) is 83.8 Å². The molecule has 148 valence electrons. The summed E-state index contributed by atoms with van der Waals surface area (Å²) in [7, 11) is 0. The maximum Gasteiger partial charge on any atom is 0.341 e. The average molecular weight is 402 g/mol. The normalized spacial score (nSPS) is 36.8. The van der Waals surface area contributed by atoms with Gasteiger partial charge in [-0.05, 0) is 49.9 Å². The van der Waals surface area contributed by atoms with Crippen molar-refractivity contribution in [3.63, 3.8) is 0 Å². The number of anilines is 1. The van der Waals surface area contributed by atoms with Crippen molar-refractivity contribution in [1.82, 2.24) is 4.98 Å². The summed E-state index contributed by atoms with van der Waals surface area (Å²) in [5.41, 5.74) is 4.30. The molecule has 1 aliphatic heterocycles. The number of carbonyl (C=O) groups excluding carboxylic acids is 1. The van der Waals surface area contributed by atoms with Crippen LogP contribution in [0.15, 0.2) is 17.4 Å². The molecule has 6 nitrogen and oxygen atoms in total. The Balaban J connectivity index is 0.00000171. The zero-order valence-corrected chi connectivity index (χ0v) is 16.4. The fraction of sp³-hybridized carbons (Fsp3) is 0.571. The Kier molecular flexibility index (Phi) is 4.07. The molecule has 2 N–H and O–H groups in total. The van der Waals surface area contributed by atoms with Gasteiger partial charge < -0.3 is 15.3 Å². The number of halogens is 1. The van der Waals surface area contributed by atoms with Crippen molar-refractivity contribution in [2.45, 2.75) is 56.6 Å². The van der Waals surface area contributed by atoms with Crippen molar-refractivity contribution in [2.75, 3.05) is 5.32 Å². The summed E-state index contributed by atoms with van der Waals surface area (Å²) in [6.07, 6.45) is 12.3. The van der Waals surface area contributed by atoms with Gasteiger partial charge in [0, 0.05) is 29.8 Å². The highest BCUT2D eigenvalue weighted by Crippen LogP contribution is 2.56. The molecule has 7 heteroatoms. The van der Waals surface area contributed by atoms with Crippen LogP contribution in [-0.4, -0.2) is 33.4 Å². The molecule has 2 atom stereocenters. The van der Waals surface area contributed by atoms with E-state index < -0.39 is 5.60 Å². The Morgan fingerprint density at radius 2 is 2.00 bits per heavy atom. The fourth-order valence-electron chi connectivity index (χ4n) is 6.41. The van der Waals surface area contributed by atoms with E-state index in [0.717, 1.165) is 48.2 Å². The van der Waals surface area contributed by atoms with E-state index in [4.69, 9.17) is 4.84 Å². The van der Waals surface area contributed by atoms with E-state index in [1.807, 2.05) is 6.20 Å². The first-order chi connectivity index (χ1) is 13.1. The molecular formula is C21H24ClN3O3. The molecule has 4 bridgehead atoms. The third-order valence-electron chi connectivity index (χ3n) is 7.23. The minimum absolute atomic E-state index is 0. The predicted molar refractivity (Wildman–Crippen MR) is 107 cm³/mol. The third kappa shape index (κ3) is 2.69. The average Bonchev–Trinajstić information content (AvgIpc) is 3.25. The van der Waals surface area contributed by atoms with Gasteiger partial charge in [0.25, 0.3) is 0 Å². The molecule has 28 heavy (non-hydrogen) atoms. The summed E-state index contributed by atoms with van der Waals surface area (Å²) >= 11 is 0. The number of nitrogens with zero attached hydrogens (tertiary/aromatic N) is 2. The summed E-state index contributed by atoms with van der Waals surface area (Å²) in [6, 6.07) is 0.361. The maximum absolute atomic E-state index is 11.6. The summed E-state index contributed by atoms with van der Waals surface area (Å²) in [4.78, 5) is 21.0. The van der Waals surface area contributed by atoms with Gasteiger partial charge in [-0.25, -0.2) is 4.79 Å². The molecule has 4 fully saturated rings. The van der Waals surface area contributed by atoms with E-state index in [9.17, 15) is 9.90 Å². The van der Waals surface area contributed by atoms with E-state index in [-0.39, 0.29) is 24.8 Å². The molecule has 0 saturated heterocycles. The minimum atomic E-state index is -0.437. The van der Waals surface area contributed by atoms with Crippen molar-refractivity contribution in [1.29, 1.82) is 0 Å². The van der Waals surface area contributed by atoms with Crippen LogP contribution in [-0.2, 0) is 16.1 Å². The number of oxime groups is 1. The first-order valence-electron chi connectivity index (χ1n) is 10.0. The van der Waals surface area contributed by atoms with Gasteiger partial charge >= 0.3 is 5.97 Å². The van der Waals surface area contributed by atoms with E-state index >= 15 is 0 Å². The Labute approximate surface area is 169 Å². The molecule has 6 aliphatic rings. The van der Waals surface area contributed by atoms with Crippen molar-refractivity contribution in [2.24, 2.45) is 22.9 Å². The number of carbonyl (C=O) groups is 1. The van der Waals surface area contributed by atoms with Crippen LogP contribution in [0.1, 0.15) is 55.3 Å². The lowest BCUT2D eigenvalue weighted by Gasteiger charge is -2.58. The first-order valence-corrected chi connectivity index (χ1v) is 10.0. The van der Waals surface area contributed by atoms with Crippen LogP contribution >= 0.6 is 12.4 Å². The molecule has 0 amide bonds. The largest absolute Gasteiger partial charge is 0.390 e. The van der Waals surface area contributed by atoms with Crippen LogP contribution in [0.4, 0.5) is 5.69 Å². The lowest BCUT2D eigenvalue weighted by molar-refractivity contribution is -0.140. The Morgan fingerprint density at radius 3 is 2.68 bits per heavy atom. The maximum atomic E-state index is 11.6. The number of hydrogen-bond donors (Lipinski definition) is 2. The quantitative estimate of drug-likeness (QED) is 0.760. The number of pyridine rings is 1. The van der Waals surface area contributed by atoms with Gasteiger partial charge in [-0.3, -0.25) is 4.98 Å². The van der Waals surface area contributed by atoms with Crippen LogP contribution in [0.2, 0.25) is 0 Å². The van der Waals surface area contributed by atoms with E-state index in [1.165, 1.54) is 12.8 Å². The first kappa shape index (κ1) is 18.1. The van der Waals surface area contributed by atoms with Crippen LogP contribution in [0.25, 0.3) is 6.08 Å². The van der Waals surface area contributed by atoms with Crippen molar-refractivity contribution in [3.8, 4) is 0 Å². The highest BCUT2D eigenvalue weighted by Gasteiger charge is 2.54. The molecular weight excluding hydrogens is 378 g/mol. The van der Waals surface area contributed by atoms with Gasteiger partial charge in [0.1, 0.15) is 5.71 Å². The van der Waals surface area contributed by atoms with Gasteiger partial charge in [-0.2, -0.15) is 0 Å². The summed E-state index contributed by atoms with van der Waals surface area (Å²) in [5.74, 6) is 1.38. The number of aliphatic hydroxyl groups is 1. The van der Waals surface area contributed by atoms with Crippen LogP contribution < -0.4 is 5.32 Å². The highest BCUT2D eigenvalue weighted by atomic mass is 35.5. The number of hydrogen-bond acceptors (Lipinski definition) is 6. The smallest absolute Gasteiger partial charge is 0.341 e. The lowest BCUT2D eigenvalue weighted by Crippen LogP contribution is -2.59. The van der Waals surface area contributed by atoms with Crippen molar-refractivity contribution in [3.05, 3.63) is 29.1 Å². The number of aromatic nitrogens is 1. The number of fused-ring (bicyclic) bond motifs is 1. The minimum Gasteiger partial charge on any atom is -0.390 e. The molecule has 7 rings (SSSR count). The molecule has 2 unspecified atom stereocenters. The standard InChI is InChI=1S/C21H23N3O3.ClH/c25-18-6-17(24-27-18)15-10-22-16-3-1-2-14(16)20(15)23-19-12-4-11-5-13(19)9-21(26,7-11)8-12;/h1-2,10-13,19,26H,3-9H2,(H,22,23);1H. The molecule has 0 spiro atoms. The second kappa shape index (κ2) is 6.29. The van der Waals surface area contributed by atoms with Gasteiger partial charge in [0.15, 0.2) is 0 Å². The zero-order valence-electron chi connectivity index (χ0n) is 15.6. The van der Waals surface area contributed by atoms with Gasteiger partial charge in [-0.1, -0.05) is 17.3 Å². The van der Waals surface area contributed by atoms with E-state index in [0.29, 0.717) is 29.5 Å². The second-order valence-corrected chi connectivity index (χ2v) is 9.06. The Bertz CT molecular complexity index is 896. The number of rotatable bonds is 3. The number of nitrogens with one attached hydrogen (secondary N) is 1. The van der Waals surface area contributed by atoms with E-state index in [2.05, 4.69) is 27.6 Å². The van der Waals surface area contributed by atoms with Crippen molar-refractivity contribution >= 4 is 35.9 Å². The summed E-state index contributed by atoms with van der Waals surface area (Å²) in [6.45, 7) is 0. The Hall–Kier alpha value is -1.92. The van der Waals surface area contributed by atoms with Gasteiger partial charge in [0.05, 0.1) is 23.4 Å². The molecule has 1 aromatic heterocycles. The van der Waals surface area contributed by atoms with Crippen LogP contribution in [0, 0.1) is 17.8 Å². The summed E-state index contributed by atoms with van der Waals surface area (Å²) in [5, 5.41) is 18.7. The monoisotopic (exact) mass is 401 g/mol. The second-order valence-electron chi connectivity index (χ2n) is 9.06. The molecule has 0 aromatic carbocycles. The van der Waals surface area contributed by atoms with Crippen LogP contribution in [0.5, 0.6) is 0 Å². The molecule has 2 heterocycles. The highest BCUT2D eigenvalue weighted by molar-refractivity contribution is 6.14. The molecule has 4 saturated carbocycles. The van der Waals surface area contributed by atoms with E-state index in [1.54, 1.807) is 0 Å². The molecule has 0 radical (unpaired) electrons. The molecule has 5 aliphatic carbocycles. The summed E-state index contributed by atoms with van der Waals surface area (Å²) < 4.78 is 0. The predicted octanol–water partition coefficient (Wildman–Crippen LogP) is 3.08.